The topological polar surface area (TPSA) is 127 Å². The number of nitro benzene ring substituents is 1. The number of piperazine rings is 1. The summed E-state index contributed by atoms with van der Waals surface area (Å²) in [5, 5.41) is 11.1. The maximum atomic E-state index is 12.8. The van der Waals surface area contributed by atoms with Gasteiger partial charge in [-0.3, -0.25) is 14.9 Å². The minimum Gasteiger partial charge on any atom is -0.340 e. The van der Waals surface area contributed by atoms with Gasteiger partial charge < -0.3 is 10.6 Å². The fraction of sp³-hybridized carbons (Fsp3) is 0.588. The first kappa shape index (κ1) is 22.5. The van der Waals surface area contributed by atoms with E-state index in [1.807, 2.05) is 0 Å². The van der Waals surface area contributed by atoms with Crippen molar-refractivity contribution in [1.29, 1.82) is 0 Å². The Morgan fingerprint density at radius 1 is 1.18 bits per heavy atom. The number of carbonyl (C=O) groups is 1. The van der Waals surface area contributed by atoms with Crippen LogP contribution in [0.4, 0.5) is 5.69 Å². The van der Waals surface area contributed by atoms with Crippen molar-refractivity contribution in [3.63, 3.8) is 0 Å². The normalized spacial score (nSPS) is 23.2. The van der Waals surface area contributed by atoms with Crippen LogP contribution >= 0.6 is 12.4 Å². The molecule has 1 amide bonds. The molecule has 0 radical (unpaired) electrons. The van der Waals surface area contributed by atoms with Gasteiger partial charge >= 0.3 is 0 Å². The van der Waals surface area contributed by atoms with E-state index < -0.39 is 20.6 Å². The molecule has 1 saturated carbocycles. The molecule has 0 unspecified atom stereocenters. The third-order valence-corrected chi connectivity index (χ3v) is 7.37. The van der Waals surface area contributed by atoms with Crippen LogP contribution in [0.5, 0.6) is 0 Å². The molecular weight excluding hydrogens is 408 g/mol. The van der Waals surface area contributed by atoms with Gasteiger partial charge in [0, 0.05) is 44.7 Å². The fourth-order valence-corrected chi connectivity index (χ4v) is 5.40. The Hall–Kier alpha value is -1.75. The van der Waals surface area contributed by atoms with Crippen LogP contribution in [-0.2, 0) is 14.8 Å². The standard InChI is InChI=1S/C17H24N4O5S.ClH/c18-14-5-3-4-13(14)12-17(22)19-8-10-20(11-9-19)27(25,26)16-7-2-1-6-15(16)21(23)24;/h1-2,6-7,13-14H,3-5,8-12,18H2;1H/t13-,14+;/m0./s1. The number of hydrogen-bond acceptors (Lipinski definition) is 6. The first-order valence-corrected chi connectivity index (χ1v) is 10.5. The summed E-state index contributed by atoms with van der Waals surface area (Å²) in [6.07, 6.45) is 3.35. The molecule has 9 nitrogen and oxygen atoms in total. The number of sulfonamides is 1. The first-order chi connectivity index (χ1) is 12.8. The van der Waals surface area contributed by atoms with Crippen molar-refractivity contribution in [2.24, 2.45) is 11.7 Å². The van der Waals surface area contributed by atoms with Gasteiger partial charge in [-0.1, -0.05) is 18.6 Å². The molecule has 2 atom stereocenters. The second-order valence-corrected chi connectivity index (χ2v) is 8.98. The first-order valence-electron chi connectivity index (χ1n) is 9.07. The third kappa shape index (κ3) is 4.62. The van der Waals surface area contributed by atoms with Gasteiger partial charge in [0.1, 0.15) is 0 Å². The molecule has 28 heavy (non-hydrogen) atoms. The number of nitro groups is 1. The largest absolute Gasteiger partial charge is 0.340 e. The zero-order chi connectivity index (χ0) is 19.6. The number of carbonyl (C=O) groups excluding carboxylic acids is 1. The zero-order valence-corrected chi connectivity index (χ0v) is 17.0. The van der Waals surface area contributed by atoms with Crippen LogP contribution in [0.25, 0.3) is 0 Å². The van der Waals surface area contributed by atoms with Gasteiger partial charge in [-0.05, 0) is 24.8 Å². The highest BCUT2D eigenvalue weighted by Gasteiger charge is 2.35. The number of para-hydroxylation sites is 1. The van der Waals surface area contributed by atoms with Crippen molar-refractivity contribution in [3.05, 3.63) is 34.4 Å². The predicted octanol–water partition coefficient (Wildman–Crippen LogP) is 1.37. The molecule has 0 bridgehead atoms. The summed E-state index contributed by atoms with van der Waals surface area (Å²) in [6.45, 7) is 0.801. The second kappa shape index (κ2) is 9.17. The molecule has 1 aliphatic heterocycles. The van der Waals surface area contributed by atoms with E-state index in [0.717, 1.165) is 19.3 Å². The van der Waals surface area contributed by atoms with Crippen molar-refractivity contribution in [2.75, 3.05) is 26.2 Å². The number of amides is 1. The summed E-state index contributed by atoms with van der Waals surface area (Å²) in [5.74, 6) is 0.200. The number of rotatable bonds is 5. The van der Waals surface area contributed by atoms with Crippen LogP contribution in [0.2, 0.25) is 0 Å². The van der Waals surface area contributed by atoms with Gasteiger partial charge in [0.25, 0.3) is 5.69 Å². The summed E-state index contributed by atoms with van der Waals surface area (Å²) < 4.78 is 26.8. The molecule has 1 aromatic rings. The number of benzene rings is 1. The quantitative estimate of drug-likeness (QED) is 0.552. The maximum Gasteiger partial charge on any atom is 0.289 e. The Labute approximate surface area is 170 Å². The molecule has 2 N–H and O–H groups in total. The average molecular weight is 433 g/mol. The summed E-state index contributed by atoms with van der Waals surface area (Å²) in [7, 11) is -3.98. The van der Waals surface area contributed by atoms with E-state index in [1.165, 1.54) is 28.6 Å². The van der Waals surface area contributed by atoms with E-state index in [2.05, 4.69) is 0 Å². The molecule has 1 aliphatic carbocycles. The second-order valence-electron chi connectivity index (χ2n) is 7.07. The lowest BCUT2D eigenvalue weighted by Gasteiger charge is -2.34. The summed E-state index contributed by atoms with van der Waals surface area (Å²) in [6, 6.07) is 5.38. The fourth-order valence-electron chi connectivity index (χ4n) is 3.82. The highest BCUT2D eigenvalue weighted by atomic mass is 35.5. The van der Waals surface area contributed by atoms with Gasteiger partial charge in [0.05, 0.1) is 4.92 Å². The van der Waals surface area contributed by atoms with Crippen LogP contribution in [0.1, 0.15) is 25.7 Å². The highest BCUT2D eigenvalue weighted by Crippen LogP contribution is 2.29. The third-order valence-electron chi connectivity index (χ3n) is 5.43. The molecule has 11 heteroatoms. The van der Waals surface area contributed by atoms with Gasteiger partial charge in [-0.15, -0.1) is 12.4 Å². The van der Waals surface area contributed by atoms with E-state index >= 15 is 0 Å². The van der Waals surface area contributed by atoms with E-state index in [0.29, 0.717) is 6.42 Å². The van der Waals surface area contributed by atoms with Crippen LogP contribution in [-0.4, -0.2) is 60.7 Å². The van der Waals surface area contributed by atoms with Gasteiger partial charge in [0.2, 0.25) is 15.9 Å². The summed E-state index contributed by atoms with van der Waals surface area (Å²) in [5.41, 5.74) is 5.59. The molecule has 2 aliphatic rings. The van der Waals surface area contributed by atoms with Crippen molar-refractivity contribution >= 4 is 34.0 Å². The molecule has 0 aromatic heterocycles. The average Bonchev–Trinajstić information content (AvgIpc) is 3.06. The molecule has 0 spiro atoms. The highest BCUT2D eigenvalue weighted by molar-refractivity contribution is 7.89. The van der Waals surface area contributed by atoms with E-state index in [1.54, 1.807) is 4.90 Å². The van der Waals surface area contributed by atoms with Crippen molar-refractivity contribution in [1.82, 2.24) is 9.21 Å². The Balaban J connectivity index is 0.00000280. The lowest BCUT2D eigenvalue weighted by atomic mass is 9.99. The minimum absolute atomic E-state index is 0. The Morgan fingerprint density at radius 3 is 2.39 bits per heavy atom. The smallest absolute Gasteiger partial charge is 0.289 e. The Kier molecular flexibility index (Phi) is 7.38. The predicted molar refractivity (Wildman–Crippen MR) is 106 cm³/mol. The van der Waals surface area contributed by atoms with Crippen molar-refractivity contribution in [3.8, 4) is 0 Å². The minimum atomic E-state index is -3.98. The lowest BCUT2D eigenvalue weighted by Crippen LogP contribution is -2.51. The molecule has 156 valence electrons. The van der Waals surface area contributed by atoms with Crippen LogP contribution in [0, 0.1) is 16.0 Å². The number of nitrogens with two attached hydrogens (primary N) is 1. The van der Waals surface area contributed by atoms with Gasteiger partial charge in [-0.25, -0.2) is 8.42 Å². The van der Waals surface area contributed by atoms with E-state index in [-0.39, 0.29) is 61.3 Å². The monoisotopic (exact) mass is 432 g/mol. The summed E-state index contributed by atoms with van der Waals surface area (Å²) in [4.78, 5) is 24.3. The maximum absolute atomic E-state index is 12.8. The Bertz CT molecular complexity index is 827. The number of halogens is 1. The zero-order valence-electron chi connectivity index (χ0n) is 15.4. The number of hydrogen-bond donors (Lipinski definition) is 1. The van der Waals surface area contributed by atoms with Gasteiger partial charge in [-0.2, -0.15) is 4.31 Å². The Morgan fingerprint density at radius 2 is 1.82 bits per heavy atom. The van der Waals surface area contributed by atoms with Gasteiger partial charge in [0.15, 0.2) is 4.90 Å². The van der Waals surface area contributed by atoms with E-state index in [9.17, 15) is 23.3 Å². The van der Waals surface area contributed by atoms with E-state index in [4.69, 9.17) is 5.73 Å². The van der Waals surface area contributed by atoms with Crippen molar-refractivity contribution < 1.29 is 18.1 Å². The molecule has 3 rings (SSSR count). The van der Waals surface area contributed by atoms with Crippen LogP contribution < -0.4 is 5.73 Å². The molecule has 1 saturated heterocycles. The van der Waals surface area contributed by atoms with Crippen molar-refractivity contribution in [2.45, 2.75) is 36.6 Å². The SMILES string of the molecule is Cl.N[C@@H]1CCC[C@H]1CC(=O)N1CCN(S(=O)(=O)c2ccccc2[N+](=O)[O-])CC1. The molecule has 1 heterocycles. The molecular formula is C17H25ClN4O5S. The van der Waals surface area contributed by atoms with Crippen LogP contribution in [0.15, 0.2) is 29.2 Å². The van der Waals surface area contributed by atoms with Crippen LogP contribution in [0.3, 0.4) is 0 Å². The summed E-state index contributed by atoms with van der Waals surface area (Å²) >= 11 is 0. The number of nitrogens with zero attached hydrogens (tertiary/aromatic N) is 3. The lowest BCUT2D eigenvalue weighted by molar-refractivity contribution is -0.387. The molecule has 1 aromatic carbocycles. The molecule has 2 fully saturated rings.